The van der Waals surface area contributed by atoms with E-state index in [9.17, 15) is 0 Å². The summed E-state index contributed by atoms with van der Waals surface area (Å²) >= 11 is 0. The van der Waals surface area contributed by atoms with Gasteiger partial charge in [0.1, 0.15) is 6.26 Å². The number of allylic oxidation sites excluding steroid dienone is 1. The Kier molecular flexibility index (Phi) is 5.78. The molecule has 0 saturated heterocycles. The fraction of sp³-hybridized carbons (Fsp3) is 0.571. The standard InChI is InChI=1S/C7H12O/c1-3-4-5-6-7-8-2/h5,7H,3-4H2,1-2H3. The summed E-state index contributed by atoms with van der Waals surface area (Å²) in [6.45, 7) is 2.13. The molecule has 0 bridgehead atoms. The van der Waals surface area contributed by atoms with Crippen LogP contribution in [0, 0.1) is 0 Å². The smallest absolute Gasteiger partial charge is 0.124 e. The topological polar surface area (TPSA) is 9.23 Å². The summed E-state index contributed by atoms with van der Waals surface area (Å²) in [6, 6.07) is 0. The van der Waals surface area contributed by atoms with Gasteiger partial charge in [0.05, 0.1) is 7.11 Å². The molecule has 0 radical (unpaired) electrons. The first-order valence-electron chi connectivity index (χ1n) is 2.84. The van der Waals surface area contributed by atoms with Crippen molar-refractivity contribution in [3.63, 3.8) is 0 Å². The van der Waals surface area contributed by atoms with E-state index in [1.807, 2.05) is 6.08 Å². The first-order chi connectivity index (χ1) is 3.91. The molecule has 0 heterocycles. The summed E-state index contributed by atoms with van der Waals surface area (Å²) in [6.07, 6.45) is 5.77. The summed E-state index contributed by atoms with van der Waals surface area (Å²) in [5.41, 5.74) is 2.86. The number of ether oxygens (including phenoxy) is 1. The highest BCUT2D eigenvalue weighted by atomic mass is 16.5. The number of rotatable bonds is 3. The van der Waals surface area contributed by atoms with Gasteiger partial charge in [-0.15, -0.1) is 0 Å². The maximum absolute atomic E-state index is 4.62. The highest BCUT2D eigenvalue weighted by molar-refractivity contribution is 4.78. The molecule has 0 aliphatic carbocycles. The molecule has 0 N–H and O–H groups in total. The Bertz CT molecular complexity index is 88.6. The molecule has 0 aromatic rings. The van der Waals surface area contributed by atoms with Crippen LogP contribution in [-0.2, 0) is 4.74 Å². The first kappa shape index (κ1) is 7.32. The highest BCUT2D eigenvalue weighted by Crippen LogP contribution is 1.84. The Balaban J connectivity index is 3.18. The minimum absolute atomic E-state index is 1.08. The van der Waals surface area contributed by atoms with Crippen LogP contribution in [0.5, 0.6) is 0 Å². The Morgan fingerprint density at radius 3 is 2.88 bits per heavy atom. The maximum Gasteiger partial charge on any atom is 0.124 e. The van der Waals surface area contributed by atoms with Crippen LogP contribution in [0.2, 0.25) is 0 Å². The monoisotopic (exact) mass is 112 g/mol. The molecule has 0 aromatic heterocycles. The zero-order chi connectivity index (χ0) is 6.24. The van der Waals surface area contributed by atoms with E-state index in [1.165, 1.54) is 6.42 Å². The number of methoxy groups -OCH3 is 1. The Morgan fingerprint density at radius 1 is 1.62 bits per heavy atom. The third-order valence-corrected chi connectivity index (χ3v) is 0.737. The van der Waals surface area contributed by atoms with Crippen LogP contribution >= 0.6 is 0 Å². The Morgan fingerprint density at radius 2 is 2.38 bits per heavy atom. The number of unbranched alkanes of at least 4 members (excludes halogenated alkanes) is 1. The van der Waals surface area contributed by atoms with Gasteiger partial charge in [-0.25, -0.2) is 0 Å². The van der Waals surface area contributed by atoms with Gasteiger partial charge in [-0.3, -0.25) is 0 Å². The summed E-state index contributed by atoms with van der Waals surface area (Å²) in [7, 11) is 1.62. The summed E-state index contributed by atoms with van der Waals surface area (Å²) in [5.74, 6) is 0. The predicted octanol–water partition coefficient (Wildman–Crippen LogP) is 2.10. The highest BCUT2D eigenvalue weighted by Gasteiger charge is 1.66. The molecule has 0 aromatic carbocycles. The molecule has 0 saturated carbocycles. The second kappa shape index (κ2) is 6.32. The third-order valence-electron chi connectivity index (χ3n) is 0.737. The average Bonchev–Trinajstić information content (AvgIpc) is 1.81. The zero-order valence-electron chi connectivity index (χ0n) is 5.48. The van der Waals surface area contributed by atoms with Gasteiger partial charge in [0.15, 0.2) is 0 Å². The van der Waals surface area contributed by atoms with Gasteiger partial charge in [-0.2, -0.15) is 0 Å². The maximum atomic E-state index is 4.62. The van der Waals surface area contributed by atoms with Crippen molar-refractivity contribution < 1.29 is 4.74 Å². The Hall–Kier alpha value is -0.680. The van der Waals surface area contributed by atoms with Crippen LogP contribution < -0.4 is 0 Å². The minimum Gasteiger partial charge on any atom is -0.496 e. The molecular formula is C7H12O. The molecule has 0 aliphatic rings. The summed E-state index contributed by atoms with van der Waals surface area (Å²) < 4.78 is 4.62. The summed E-state index contributed by atoms with van der Waals surface area (Å²) in [4.78, 5) is 0. The molecule has 0 rings (SSSR count). The van der Waals surface area contributed by atoms with E-state index in [1.54, 1.807) is 13.4 Å². The lowest BCUT2D eigenvalue weighted by Gasteiger charge is -1.78. The van der Waals surface area contributed by atoms with Crippen molar-refractivity contribution in [2.24, 2.45) is 0 Å². The molecule has 8 heavy (non-hydrogen) atoms. The van der Waals surface area contributed by atoms with Crippen molar-refractivity contribution in [2.45, 2.75) is 19.8 Å². The van der Waals surface area contributed by atoms with Crippen LogP contribution in [0.3, 0.4) is 0 Å². The number of hydrogen-bond donors (Lipinski definition) is 0. The molecule has 0 spiro atoms. The summed E-state index contributed by atoms with van der Waals surface area (Å²) in [5, 5.41) is 0. The average molecular weight is 112 g/mol. The molecule has 1 heteroatoms. The SMILES string of the molecule is CCCC=C=COC. The van der Waals surface area contributed by atoms with Gasteiger partial charge < -0.3 is 4.74 Å². The van der Waals surface area contributed by atoms with Crippen LogP contribution in [-0.4, -0.2) is 7.11 Å². The third kappa shape index (κ3) is 5.32. The van der Waals surface area contributed by atoms with Crippen molar-refractivity contribution in [1.29, 1.82) is 0 Å². The van der Waals surface area contributed by atoms with Crippen molar-refractivity contribution in [1.82, 2.24) is 0 Å². The lowest BCUT2D eigenvalue weighted by atomic mass is 10.3. The van der Waals surface area contributed by atoms with E-state index in [-0.39, 0.29) is 0 Å². The van der Waals surface area contributed by atoms with Crippen LogP contribution in [0.25, 0.3) is 0 Å². The molecule has 0 aliphatic heterocycles. The van der Waals surface area contributed by atoms with E-state index < -0.39 is 0 Å². The minimum atomic E-state index is 1.08. The lowest BCUT2D eigenvalue weighted by Crippen LogP contribution is -1.60. The van der Waals surface area contributed by atoms with Gasteiger partial charge in [0.25, 0.3) is 0 Å². The fourth-order valence-corrected chi connectivity index (χ4v) is 0.344. The number of hydrogen-bond acceptors (Lipinski definition) is 1. The lowest BCUT2D eigenvalue weighted by molar-refractivity contribution is 0.339. The second-order valence-corrected chi connectivity index (χ2v) is 1.51. The zero-order valence-corrected chi connectivity index (χ0v) is 5.48. The fourth-order valence-electron chi connectivity index (χ4n) is 0.344. The van der Waals surface area contributed by atoms with Crippen molar-refractivity contribution in [3.8, 4) is 0 Å². The largest absolute Gasteiger partial charge is 0.496 e. The van der Waals surface area contributed by atoms with Gasteiger partial charge in [-0.1, -0.05) is 19.1 Å². The van der Waals surface area contributed by atoms with E-state index in [4.69, 9.17) is 0 Å². The van der Waals surface area contributed by atoms with E-state index in [0.717, 1.165) is 6.42 Å². The van der Waals surface area contributed by atoms with E-state index in [0.29, 0.717) is 0 Å². The second-order valence-electron chi connectivity index (χ2n) is 1.51. The van der Waals surface area contributed by atoms with E-state index >= 15 is 0 Å². The van der Waals surface area contributed by atoms with Crippen LogP contribution in [0.1, 0.15) is 19.8 Å². The van der Waals surface area contributed by atoms with Crippen molar-refractivity contribution in [3.05, 3.63) is 18.1 Å². The van der Waals surface area contributed by atoms with Crippen LogP contribution in [0.4, 0.5) is 0 Å². The predicted molar refractivity (Wildman–Crippen MR) is 34.6 cm³/mol. The molecule has 0 unspecified atom stereocenters. The van der Waals surface area contributed by atoms with E-state index in [2.05, 4.69) is 17.4 Å². The molecular weight excluding hydrogens is 100 g/mol. The molecule has 0 atom stereocenters. The van der Waals surface area contributed by atoms with Gasteiger partial charge >= 0.3 is 0 Å². The Labute approximate surface area is 50.7 Å². The normalized spacial score (nSPS) is 7.25. The molecule has 0 amide bonds. The molecule has 46 valence electrons. The first-order valence-corrected chi connectivity index (χ1v) is 2.84. The van der Waals surface area contributed by atoms with Gasteiger partial charge in [-0.05, 0) is 12.5 Å². The quantitative estimate of drug-likeness (QED) is 0.401. The van der Waals surface area contributed by atoms with Crippen molar-refractivity contribution in [2.75, 3.05) is 7.11 Å². The molecule has 0 fully saturated rings. The molecule has 1 nitrogen and oxygen atoms in total. The van der Waals surface area contributed by atoms with Crippen molar-refractivity contribution >= 4 is 0 Å². The van der Waals surface area contributed by atoms with Crippen LogP contribution in [0.15, 0.2) is 18.1 Å². The van der Waals surface area contributed by atoms with Gasteiger partial charge in [0.2, 0.25) is 0 Å². The van der Waals surface area contributed by atoms with Gasteiger partial charge in [0, 0.05) is 0 Å².